The molecule has 0 unspecified atom stereocenters. The Morgan fingerprint density at radius 3 is 2.32 bits per heavy atom. The van der Waals surface area contributed by atoms with Crippen LogP contribution in [-0.2, 0) is 9.59 Å². The van der Waals surface area contributed by atoms with Crippen molar-refractivity contribution in [3.63, 3.8) is 0 Å². The van der Waals surface area contributed by atoms with Gasteiger partial charge in [0.05, 0.1) is 6.21 Å². The highest BCUT2D eigenvalue weighted by molar-refractivity contribution is 6.02. The van der Waals surface area contributed by atoms with Crippen molar-refractivity contribution in [1.82, 2.24) is 5.43 Å². The number of fused-ring (bicyclic) bond motifs is 2. The number of anilines is 1. The molecule has 0 aromatic heterocycles. The third-order valence-electron chi connectivity index (χ3n) is 4.94. The molecule has 0 saturated carbocycles. The first-order valence-corrected chi connectivity index (χ1v) is 9.91. The summed E-state index contributed by atoms with van der Waals surface area (Å²) >= 11 is 0. The molecule has 6 heteroatoms. The van der Waals surface area contributed by atoms with Crippen molar-refractivity contribution in [3.8, 4) is 5.75 Å². The van der Waals surface area contributed by atoms with Gasteiger partial charge in [0.2, 0.25) is 11.8 Å². The van der Waals surface area contributed by atoms with Crippen molar-refractivity contribution in [3.05, 3.63) is 84.4 Å². The molecular formula is C25H21N3O3. The molecule has 6 nitrogen and oxygen atoms in total. The zero-order valence-corrected chi connectivity index (χ0v) is 16.7. The Bertz CT molecular complexity index is 1300. The molecule has 3 N–H and O–H groups in total. The van der Waals surface area contributed by atoms with Crippen molar-refractivity contribution in [2.75, 3.05) is 5.32 Å². The Morgan fingerprint density at radius 1 is 0.806 bits per heavy atom. The molecule has 31 heavy (non-hydrogen) atoms. The summed E-state index contributed by atoms with van der Waals surface area (Å²) in [6.07, 6.45) is 1.44. The number of hydrogen-bond acceptors (Lipinski definition) is 4. The number of carbonyl (C=O) groups excluding carboxylic acids is 2. The summed E-state index contributed by atoms with van der Waals surface area (Å²) in [5.41, 5.74) is 3.62. The summed E-state index contributed by atoms with van der Waals surface area (Å²) in [5.74, 6) is -0.558. The topological polar surface area (TPSA) is 90.8 Å². The van der Waals surface area contributed by atoms with Gasteiger partial charge >= 0.3 is 0 Å². The van der Waals surface area contributed by atoms with Gasteiger partial charge in [0, 0.05) is 24.1 Å². The molecule has 0 bridgehead atoms. The van der Waals surface area contributed by atoms with Gasteiger partial charge in [-0.15, -0.1) is 0 Å². The normalized spacial score (nSPS) is 11.1. The molecule has 0 saturated heterocycles. The van der Waals surface area contributed by atoms with E-state index in [1.807, 2.05) is 72.8 Å². The lowest BCUT2D eigenvalue weighted by molar-refractivity contribution is -0.124. The summed E-state index contributed by atoms with van der Waals surface area (Å²) < 4.78 is 0. The van der Waals surface area contributed by atoms with Crippen LogP contribution in [0.25, 0.3) is 21.5 Å². The van der Waals surface area contributed by atoms with Crippen LogP contribution in [0.1, 0.15) is 18.4 Å². The maximum atomic E-state index is 12.2. The standard InChI is InChI=1S/C25H21N3O3/c29-23-12-10-18-6-3-4-8-21(18)22(23)16-26-28-25(31)14-13-24(30)27-20-11-9-17-5-1-2-7-19(17)15-20/h1-12,15-16,29H,13-14H2,(H,27,30)(H,28,31). The fraction of sp³-hybridized carbons (Fsp3) is 0.0800. The zero-order valence-electron chi connectivity index (χ0n) is 16.7. The fourth-order valence-corrected chi connectivity index (χ4v) is 3.36. The van der Waals surface area contributed by atoms with E-state index in [9.17, 15) is 14.7 Å². The lowest BCUT2D eigenvalue weighted by Gasteiger charge is -2.07. The number of carbonyl (C=O) groups is 2. The number of amides is 2. The predicted octanol–water partition coefficient (Wildman–Crippen LogP) is 4.57. The quantitative estimate of drug-likeness (QED) is 0.321. The van der Waals surface area contributed by atoms with Crippen LogP contribution in [0.2, 0.25) is 0 Å². The Balaban J connectivity index is 1.31. The zero-order chi connectivity index (χ0) is 21.6. The van der Waals surface area contributed by atoms with E-state index in [0.717, 1.165) is 21.5 Å². The Hall–Kier alpha value is -4.19. The molecule has 0 spiro atoms. The average Bonchev–Trinajstić information content (AvgIpc) is 2.79. The van der Waals surface area contributed by atoms with E-state index in [1.54, 1.807) is 6.07 Å². The molecule has 4 aromatic rings. The van der Waals surface area contributed by atoms with Crippen molar-refractivity contribution < 1.29 is 14.7 Å². The van der Waals surface area contributed by atoms with E-state index in [2.05, 4.69) is 15.8 Å². The van der Waals surface area contributed by atoms with Gasteiger partial charge in [-0.25, -0.2) is 5.43 Å². The number of aromatic hydroxyl groups is 1. The number of rotatable bonds is 6. The first-order valence-electron chi connectivity index (χ1n) is 9.91. The van der Waals surface area contributed by atoms with Crippen LogP contribution in [-0.4, -0.2) is 23.1 Å². The summed E-state index contributed by atoms with van der Waals surface area (Å²) in [5, 5.41) is 20.8. The summed E-state index contributed by atoms with van der Waals surface area (Å²) in [7, 11) is 0. The first kappa shape index (κ1) is 20.1. The van der Waals surface area contributed by atoms with Crippen LogP contribution < -0.4 is 10.7 Å². The van der Waals surface area contributed by atoms with E-state index < -0.39 is 0 Å². The summed E-state index contributed by atoms with van der Waals surface area (Å²) in [6, 6.07) is 24.5. The Morgan fingerprint density at radius 2 is 1.48 bits per heavy atom. The first-order chi connectivity index (χ1) is 15.1. The average molecular weight is 411 g/mol. The molecule has 0 aliphatic heterocycles. The second-order valence-corrected chi connectivity index (χ2v) is 7.12. The minimum atomic E-state index is -0.385. The molecule has 2 amide bonds. The van der Waals surface area contributed by atoms with Crippen LogP contribution >= 0.6 is 0 Å². The maximum Gasteiger partial charge on any atom is 0.240 e. The van der Waals surface area contributed by atoms with Crippen molar-refractivity contribution in [1.29, 1.82) is 0 Å². The third-order valence-corrected chi connectivity index (χ3v) is 4.94. The number of phenolic OH excluding ortho intramolecular Hbond substituents is 1. The molecule has 0 radical (unpaired) electrons. The number of nitrogens with one attached hydrogen (secondary N) is 2. The van der Waals surface area contributed by atoms with Crippen molar-refractivity contribution in [2.24, 2.45) is 5.10 Å². The molecule has 154 valence electrons. The van der Waals surface area contributed by atoms with Crippen LogP contribution in [0.4, 0.5) is 5.69 Å². The van der Waals surface area contributed by atoms with E-state index in [-0.39, 0.29) is 30.4 Å². The summed E-state index contributed by atoms with van der Waals surface area (Å²) in [6.45, 7) is 0. The SMILES string of the molecule is O=C(CCC(=O)Nc1ccc2ccccc2c1)NN=Cc1c(O)ccc2ccccc12. The molecule has 4 aromatic carbocycles. The number of nitrogens with zero attached hydrogens (tertiary/aromatic N) is 1. The smallest absolute Gasteiger partial charge is 0.240 e. The van der Waals surface area contributed by atoms with Gasteiger partial charge in [-0.3, -0.25) is 9.59 Å². The van der Waals surface area contributed by atoms with E-state index in [0.29, 0.717) is 11.3 Å². The van der Waals surface area contributed by atoms with Crippen LogP contribution in [0.15, 0.2) is 84.0 Å². The highest BCUT2D eigenvalue weighted by Gasteiger charge is 2.08. The van der Waals surface area contributed by atoms with Crippen molar-refractivity contribution in [2.45, 2.75) is 12.8 Å². The van der Waals surface area contributed by atoms with Crippen molar-refractivity contribution >= 4 is 45.3 Å². The lowest BCUT2D eigenvalue weighted by Crippen LogP contribution is -2.20. The highest BCUT2D eigenvalue weighted by atomic mass is 16.3. The molecule has 0 aliphatic rings. The van der Waals surface area contributed by atoms with Gasteiger partial charge in [-0.1, -0.05) is 60.7 Å². The molecular weight excluding hydrogens is 390 g/mol. The molecule has 0 heterocycles. The van der Waals surface area contributed by atoms with E-state index in [4.69, 9.17) is 0 Å². The number of phenols is 1. The maximum absolute atomic E-state index is 12.2. The van der Waals surface area contributed by atoms with Crippen LogP contribution in [0, 0.1) is 0 Å². The van der Waals surface area contributed by atoms with Gasteiger partial charge in [0.25, 0.3) is 0 Å². The number of benzene rings is 4. The monoisotopic (exact) mass is 411 g/mol. The van der Waals surface area contributed by atoms with Crippen LogP contribution in [0.3, 0.4) is 0 Å². The highest BCUT2D eigenvalue weighted by Crippen LogP contribution is 2.25. The molecule has 0 fully saturated rings. The van der Waals surface area contributed by atoms with Gasteiger partial charge in [-0.2, -0.15) is 5.10 Å². The van der Waals surface area contributed by atoms with Gasteiger partial charge in [0.1, 0.15) is 5.75 Å². The van der Waals surface area contributed by atoms with Crippen LogP contribution in [0.5, 0.6) is 5.75 Å². The van der Waals surface area contributed by atoms with Gasteiger partial charge in [0.15, 0.2) is 0 Å². The largest absolute Gasteiger partial charge is 0.507 e. The minimum Gasteiger partial charge on any atom is -0.507 e. The van der Waals surface area contributed by atoms with Gasteiger partial charge in [-0.05, 0) is 39.7 Å². The summed E-state index contributed by atoms with van der Waals surface area (Å²) in [4.78, 5) is 24.2. The number of hydrogen-bond donors (Lipinski definition) is 3. The third kappa shape index (κ3) is 4.87. The molecule has 0 aliphatic carbocycles. The molecule has 4 rings (SSSR count). The Kier molecular flexibility index (Phi) is 5.89. The second-order valence-electron chi connectivity index (χ2n) is 7.12. The Labute approximate surface area is 179 Å². The minimum absolute atomic E-state index is 0.00171. The van der Waals surface area contributed by atoms with Gasteiger partial charge < -0.3 is 10.4 Å². The molecule has 0 atom stereocenters. The predicted molar refractivity (Wildman–Crippen MR) is 123 cm³/mol. The number of hydrazone groups is 1. The second kappa shape index (κ2) is 9.09. The van der Waals surface area contributed by atoms with E-state index in [1.165, 1.54) is 6.21 Å². The van der Waals surface area contributed by atoms with E-state index >= 15 is 0 Å². The lowest BCUT2D eigenvalue weighted by atomic mass is 10.0. The fourth-order valence-electron chi connectivity index (χ4n) is 3.36.